The molecule has 14 rings (SSSR count). The van der Waals surface area contributed by atoms with E-state index in [0.29, 0.717) is 0 Å². The molecule has 2 nitrogen and oxygen atoms in total. The van der Waals surface area contributed by atoms with E-state index in [4.69, 9.17) is 0 Å². The van der Waals surface area contributed by atoms with E-state index in [1.54, 1.807) is 0 Å². The molecule has 0 saturated heterocycles. The molecule has 69 heavy (non-hydrogen) atoms. The number of hydrogen-bond acceptors (Lipinski definition) is 1. The van der Waals surface area contributed by atoms with Crippen molar-refractivity contribution in [2.45, 2.75) is 5.41 Å². The Kier molecular flexibility index (Phi) is 8.84. The Morgan fingerprint density at radius 2 is 0.855 bits per heavy atom. The van der Waals surface area contributed by atoms with Crippen LogP contribution in [0.1, 0.15) is 22.3 Å². The third-order valence-electron chi connectivity index (χ3n) is 14.8. The van der Waals surface area contributed by atoms with Gasteiger partial charge in [0.05, 0.1) is 22.1 Å². The Bertz CT molecular complexity index is 4070. The number of para-hydroxylation sites is 2. The van der Waals surface area contributed by atoms with E-state index >= 15 is 0 Å². The molecule has 13 aromatic rings. The van der Waals surface area contributed by atoms with Crippen molar-refractivity contribution in [2.24, 2.45) is 0 Å². The Morgan fingerprint density at radius 1 is 0.333 bits per heavy atom. The van der Waals surface area contributed by atoms with Gasteiger partial charge in [0.15, 0.2) is 0 Å². The maximum atomic E-state index is 2.49. The van der Waals surface area contributed by atoms with Crippen molar-refractivity contribution < 1.29 is 0 Å². The first-order chi connectivity index (χ1) is 34.3. The fourth-order valence-corrected chi connectivity index (χ4v) is 11.9. The van der Waals surface area contributed by atoms with Gasteiger partial charge < -0.3 is 9.47 Å². The molecule has 0 bridgehead atoms. The normalized spacial score (nSPS) is 12.8. The Hall–Kier alpha value is -8.98. The highest BCUT2D eigenvalue weighted by Gasteiger charge is 2.45. The molecule has 0 unspecified atom stereocenters. The standard InChI is InChI=1S/C67H44N2/c1-4-22-48(23-5-1)67(61-34-18-16-32-57(61)58-33-17-19-35-62(58)67)49-37-39-52(40-38-49)68(50-24-6-2-7-25-50)64-44-46-21-11-13-29-54(46)66-65(64)60-43-47(36-41-63(60)69(66)51-26-8-3-9-27-51)59-42-45-20-10-12-28-53(45)55-30-14-15-31-56(55)59/h1-44H. The first-order valence-corrected chi connectivity index (χ1v) is 23.9. The van der Waals surface area contributed by atoms with Crippen molar-refractivity contribution in [1.82, 2.24) is 4.57 Å². The maximum absolute atomic E-state index is 2.49. The summed E-state index contributed by atoms with van der Waals surface area (Å²) >= 11 is 0. The van der Waals surface area contributed by atoms with E-state index in [2.05, 4.69) is 276 Å². The monoisotopic (exact) mass is 876 g/mol. The largest absolute Gasteiger partial charge is 0.310 e. The number of rotatable bonds is 7. The first kappa shape index (κ1) is 39.2. The van der Waals surface area contributed by atoms with Crippen LogP contribution in [-0.2, 0) is 5.41 Å². The van der Waals surface area contributed by atoms with Crippen molar-refractivity contribution in [1.29, 1.82) is 0 Å². The molecule has 1 aromatic heterocycles. The highest BCUT2D eigenvalue weighted by Crippen LogP contribution is 2.56. The summed E-state index contributed by atoms with van der Waals surface area (Å²) in [5, 5.41) is 9.81. The van der Waals surface area contributed by atoms with Crippen molar-refractivity contribution in [3.05, 3.63) is 289 Å². The molecule has 0 N–H and O–H groups in total. The van der Waals surface area contributed by atoms with Crippen LogP contribution in [0.25, 0.3) is 82.1 Å². The smallest absolute Gasteiger partial charge is 0.0713 e. The fraction of sp³-hybridized carbons (Fsp3) is 0.0149. The second-order valence-corrected chi connectivity index (χ2v) is 18.4. The fourth-order valence-electron chi connectivity index (χ4n) is 11.9. The summed E-state index contributed by atoms with van der Waals surface area (Å²) in [6.07, 6.45) is 0. The molecule has 0 spiro atoms. The molecule has 322 valence electrons. The second kappa shape index (κ2) is 15.6. The van der Waals surface area contributed by atoms with Crippen LogP contribution in [0.2, 0.25) is 0 Å². The summed E-state index contributed by atoms with van der Waals surface area (Å²) < 4.78 is 2.49. The van der Waals surface area contributed by atoms with E-state index in [1.165, 1.54) is 93.1 Å². The van der Waals surface area contributed by atoms with Gasteiger partial charge in [-0.05, 0) is 132 Å². The molecule has 2 heteroatoms. The Morgan fingerprint density at radius 3 is 1.55 bits per heavy atom. The topological polar surface area (TPSA) is 8.17 Å². The van der Waals surface area contributed by atoms with E-state index in [1.807, 2.05) is 0 Å². The summed E-state index contributed by atoms with van der Waals surface area (Å²) in [4.78, 5) is 2.48. The molecular formula is C67H44N2. The molecule has 1 heterocycles. The molecule has 0 aliphatic heterocycles. The predicted molar refractivity (Wildman–Crippen MR) is 291 cm³/mol. The van der Waals surface area contributed by atoms with Gasteiger partial charge >= 0.3 is 0 Å². The molecule has 0 saturated carbocycles. The Labute approximate surface area is 401 Å². The SMILES string of the molecule is c1ccc(N(c2ccc(C3(c4ccccc4)c4ccccc4-c4ccccc43)cc2)c2cc3ccccc3c3c2c2cc(-c4cc5ccccc5c5ccccc45)ccc2n3-c2ccccc2)cc1. The van der Waals surface area contributed by atoms with E-state index in [-0.39, 0.29) is 0 Å². The van der Waals surface area contributed by atoms with E-state index < -0.39 is 5.41 Å². The van der Waals surface area contributed by atoms with Crippen LogP contribution in [-0.4, -0.2) is 4.57 Å². The third-order valence-corrected chi connectivity index (χ3v) is 14.8. The lowest BCUT2D eigenvalue weighted by molar-refractivity contribution is 0.768. The number of aromatic nitrogens is 1. The molecular weight excluding hydrogens is 833 g/mol. The van der Waals surface area contributed by atoms with Gasteiger partial charge in [0.25, 0.3) is 0 Å². The number of hydrogen-bond donors (Lipinski definition) is 0. The van der Waals surface area contributed by atoms with Crippen molar-refractivity contribution in [2.75, 3.05) is 4.90 Å². The zero-order chi connectivity index (χ0) is 45.5. The lowest BCUT2D eigenvalue weighted by Gasteiger charge is -2.34. The van der Waals surface area contributed by atoms with Gasteiger partial charge in [-0.2, -0.15) is 0 Å². The minimum absolute atomic E-state index is 0.493. The van der Waals surface area contributed by atoms with Crippen LogP contribution in [0.3, 0.4) is 0 Å². The molecule has 0 atom stereocenters. The van der Waals surface area contributed by atoms with Crippen LogP contribution in [0.5, 0.6) is 0 Å². The minimum Gasteiger partial charge on any atom is -0.310 e. The van der Waals surface area contributed by atoms with Crippen molar-refractivity contribution in [3.8, 4) is 27.9 Å². The summed E-state index contributed by atoms with van der Waals surface area (Å²) in [7, 11) is 0. The number of anilines is 3. The zero-order valence-electron chi connectivity index (χ0n) is 37.8. The maximum Gasteiger partial charge on any atom is 0.0713 e. The van der Waals surface area contributed by atoms with Crippen molar-refractivity contribution in [3.63, 3.8) is 0 Å². The third kappa shape index (κ3) is 5.86. The summed E-state index contributed by atoms with van der Waals surface area (Å²) in [5.41, 5.74) is 16.4. The van der Waals surface area contributed by atoms with Gasteiger partial charge in [-0.1, -0.05) is 206 Å². The molecule has 0 radical (unpaired) electrons. The van der Waals surface area contributed by atoms with Crippen LogP contribution >= 0.6 is 0 Å². The lowest BCUT2D eigenvalue weighted by atomic mass is 9.68. The Balaban J connectivity index is 1.06. The average Bonchev–Trinajstić information content (AvgIpc) is 3.93. The predicted octanol–water partition coefficient (Wildman–Crippen LogP) is 17.7. The molecule has 1 aliphatic rings. The van der Waals surface area contributed by atoms with E-state index in [9.17, 15) is 0 Å². The van der Waals surface area contributed by atoms with Gasteiger partial charge in [0.2, 0.25) is 0 Å². The number of nitrogens with zero attached hydrogens (tertiary/aromatic N) is 2. The first-order valence-electron chi connectivity index (χ1n) is 23.9. The van der Waals surface area contributed by atoms with Crippen LogP contribution in [0, 0.1) is 0 Å². The summed E-state index contributed by atoms with van der Waals surface area (Å²) in [6.45, 7) is 0. The van der Waals surface area contributed by atoms with E-state index in [0.717, 1.165) is 28.3 Å². The number of benzene rings is 12. The summed E-state index contributed by atoms with van der Waals surface area (Å²) in [5.74, 6) is 0. The number of fused-ring (bicyclic) bond motifs is 11. The average molecular weight is 877 g/mol. The van der Waals surface area contributed by atoms with Gasteiger partial charge in [0, 0.05) is 33.2 Å². The minimum atomic E-state index is -0.493. The van der Waals surface area contributed by atoms with Gasteiger partial charge in [-0.15, -0.1) is 0 Å². The highest BCUT2D eigenvalue weighted by atomic mass is 15.1. The van der Waals surface area contributed by atoms with Gasteiger partial charge in [0.1, 0.15) is 0 Å². The lowest BCUT2D eigenvalue weighted by Crippen LogP contribution is -2.28. The van der Waals surface area contributed by atoms with Crippen LogP contribution < -0.4 is 4.90 Å². The molecule has 12 aromatic carbocycles. The quantitative estimate of drug-likeness (QED) is 0.145. The molecule has 0 fully saturated rings. The molecule has 0 amide bonds. The van der Waals surface area contributed by atoms with Crippen LogP contribution in [0.15, 0.2) is 267 Å². The highest BCUT2D eigenvalue weighted by molar-refractivity contribution is 6.25. The van der Waals surface area contributed by atoms with Gasteiger partial charge in [-0.25, -0.2) is 0 Å². The molecule has 1 aliphatic carbocycles. The van der Waals surface area contributed by atoms with Gasteiger partial charge in [-0.3, -0.25) is 0 Å². The van der Waals surface area contributed by atoms with Crippen LogP contribution in [0.4, 0.5) is 17.1 Å². The zero-order valence-corrected chi connectivity index (χ0v) is 37.8. The second-order valence-electron chi connectivity index (χ2n) is 18.4. The van der Waals surface area contributed by atoms with Crippen molar-refractivity contribution >= 4 is 71.2 Å². The summed E-state index contributed by atoms with van der Waals surface area (Å²) in [6, 6.07) is 98.7.